The molecule has 0 saturated carbocycles. The van der Waals surface area contributed by atoms with E-state index in [1.807, 2.05) is 12.1 Å². The van der Waals surface area contributed by atoms with Gasteiger partial charge in [0, 0.05) is 5.56 Å². The molecule has 0 bridgehead atoms. The zero-order valence-electron chi connectivity index (χ0n) is 8.25. The lowest BCUT2D eigenvalue weighted by Gasteiger charge is -2.16. The predicted molar refractivity (Wildman–Crippen MR) is 75.4 cm³/mol. The van der Waals surface area contributed by atoms with Crippen molar-refractivity contribution >= 4 is 53.8 Å². The molecule has 0 aliphatic carbocycles. The summed E-state index contributed by atoms with van der Waals surface area (Å²) in [5.41, 5.74) is 1.25. The highest BCUT2D eigenvalue weighted by Gasteiger charge is 2.26. The van der Waals surface area contributed by atoms with Crippen LogP contribution in [-0.4, -0.2) is 12.6 Å². The van der Waals surface area contributed by atoms with Gasteiger partial charge in [-0.25, -0.2) is 4.79 Å². The van der Waals surface area contributed by atoms with Crippen molar-refractivity contribution in [2.75, 3.05) is 6.61 Å². The lowest BCUT2D eigenvalue weighted by molar-refractivity contribution is 0.0548. The van der Waals surface area contributed by atoms with E-state index in [2.05, 4.69) is 54.4 Å². The number of hydrogen-bond donors (Lipinski definition) is 0. The standard InChI is InChI=1S/C11H9Br3O2/c1-2-7-16-10(15)8-5-3-4-6-9(8)11(12,13)14/h2-6H,1,7H2. The molecule has 0 atom stereocenters. The molecule has 1 rings (SSSR count). The van der Waals surface area contributed by atoms with Gasteiger partial charge in [-0.2, -0.15) is 0 Å². The number of carbonyl (C=O) groups excluding carboxylic acids is 1. The van der Waals surface area contributed by atoms with E-state index < -0.39 is 2.14 Å². The first kappa shape index (κ1) is 13.9. The molecule has 5 heteroatoms. The van der Waals surface area contributed by atoms with E-state index in [4.69, 9.17) is 4.74 Å². The van der Waals surface area contributed by atoms with E-state index in [-0.39, 0.29) is 12.6 Å². The maximum absolute atomic E-state index is 11.7. The summed E-state index contributed by atoms with van der Waals surface area (Å²) in [4.78, 5) is 11.7. The molecular weight excluding hydrogens is 404 g/mol. The number of hydrogen-bond acceptors (Lipinski definition) is 2. The van der Waals surface area contributed by atoms with Crippen molar-refractivity contribution in [2.24, 2.45) is 0 Å². The molecule has 0 aliphatic rings. The zero-order chi connectivity index (χ0) is 12.2. The fourth-order valence-electron chi connectivity index (χ4n) is 1.12. The summed E-state index contributed by atoms with van der Waals surface area (Å²) in [7, 11) is 0. The van der Waals surface area contributed by atoms with E-state index in [9.17, 15) is 4.79 Å². The van der Waals surface area contributed by atoms with Crippen molar-refractivity contribution in [1.82, 2.24) is 0 Å². The van der Waals surface area contributed by atoms with Gasteiger partial charge in [-0.3, -0.25) is 0 Å². The lowest BCUT2D eigenvalue weighted by Crippen LogP contribution is -2.12. The molecule has 16 heavy (non-hydrogen) atoms. The molecule has 0 spiro atoms. The Balaban J connectivity index is 3.04. The van der Waals surface area contributed by atoms with E-state index in [0.29, 0.717) is 5.56 Å². The lowest BCUT2D eigenvalue weighted by atomic mass is 10.1. The highest BCUT2D eigenvalue weighted by molar-refractivity contribution is 9.38. The number of ether oxygens (including phenoxy) is 1. The van der Waals surface area contributed by atoms with Gasteiger partial charge < -0.3 is 4.74 Å². The van der Waals surface area contributed by atoms with Crippen LogP contribution in [0.3, 0.4) is 0 Å². The molecule has 1 aromatic carbocycles. The summed E-state index contributed by atoms with van der Waals surface area (Å²) in [6.07, 6.45) is 1.53. The van der Waals surface area contributed by atoms with Crippen LogP contribution in [0, 0.1) is 0 Å². The summed E-state index contributed by atoms with van der Waals surface area (Å²) in [6, 6.07) is 7.16. The van der Waals surface area contributed by atoms with Crippen LogP contribution in [0.5, 0.6) is 0 Å². The zero-order valence-corrected chi connectivity index (χ0v) is 13.0. The molecule has 0 aromatic heterocycles. The molecule has 0 amide bonds. The minimum absolute atomic E-state index is 0.201. The maximum atomic E-state index is 11.7. The third-order valence-electron chi connectivity index (χ3n) is 1.78. The van der Waals surface area contributed by atoms with Gasteiger partial charge in [0.15, 0.2) is 2.14 Å². The van der Waals surface area contributed by atoms with E-state index in [0.717, 1.165) is 5.56 Å². The number of rotatable bonds is 3. The summed E-state index contributed by atoms with van der Waals surface area (Å²) in [5.74, 6) is -0.377. The van der Waals surface area contributed by atoms with Crippen LogP contribution in [0.2, 0.25) is 0 Å². The molecule has 0 aliphatic heterocycles. The Labute approximate surface area is 119 Å². The van der Waals surface area contributed by atoms with Crippen molar-refractivity contribution in [1.29, 1.82) is 0 Å². The van der Waals surface area contributed by atoms with Crippen LogP contribution in [0.25, 0.3) is 0 Å². The van der Waals surface area contributed by atoms with Gasteiger partial charge in [0.05, 0.1) is 5.56 Å². The molecule has 0 N–H and O–H groups in total. The molecule has 1 aromatic rings. The Bertz CT molecular complexity index is 396. The highest BCUT2D eigenvalue weighted by Crippen LogP contribution is 2.45. The molecule has 2 nitrogen and oxygen atoms in total. The first-order chi connectivity index (χ1) is 7.46. The van der Waals surface area contributed by atoms with Crippen LogP contribution in [0.4, 0.5) is 0 Å². The van der Waals surface area contributed by atoms with Crippen molar-refractivity contribution in [3.8, 4) is 0 Å². The first-order valence-corrected chi connectivity index (χ1v) is 6.79. The van der Waals surface area contributed by atoms with Crippen molar-refractivity contribution in [2.45, 2.75) is 2.14 Å². The first-order valence-electron chi connectivity index (χ1n) is 4.41. The van der Waals surface area contributed by atoms with E-state index >= 15 is 0 Å². The minimum atomic E-state index is -0.628. The number of benzene rings is 1. The SMILES string of the molecule is C=CCOC(=O)c1ccccc1C(Br)(Br)Br. The monoisotopic (exact) mass is 410 g/mol. The van der Waals surface area contributed by atoms with E-state index in [1.165, 1.54) is 6.08 Å². The minimum Gasteiger partial charge on any atom is -0.458 e. The summed E-state index contributed by atoms with van der Waals surface area (Å²) in [6.45, 7) is 3.69. The van der Waals surface area contributed by atoms with E-state index in [1.54, 1.807) is 12.1 Å². The second-order valence-electron chi connectivity index (χ2n) is 2.93. The van der Waals surface area contributed by atoms with Gasteiger partial charge in [-0.15, -0.1) is 0 Å². The molecular formula is C11H9Br3O2. The second kappa shape index (κ2) is 5.98. The Morgan fingerprint density at radius 2 is 2.00 bits per heavy atom. The molecule has 0 unspecified atom stereocenters. The van der Waals surface area contributed by atoms with Gasteiger partial charge >= 0.3 is 5.97 Å². The maximum Gasteiger partial charge on any atom is 0.338 e. The fraction of sp³-hybridized carbons (Fsp3) is 0.182. The molecule has 86 valence electrons. The van der Waals surface area contributed by atoms with Gasteiger partial charge in [0.2, 0.25) is 0 Å². The average Bonchev–Trinajstić information content (AvgIpc) is 2.24. The van der Waals surface area contributed by atoms with Crippen molar-refractivity contribution in [3.05, 3.63) is 48.0 Å². The normalized spacial score (nSPS) is 10.9. The fourth-order valence-corrected chi connectivity index (χ4v) is 2.16. The van der Waals surface area contributed by atoms with Crippen molar-refractivity contribution in [3.63, 3.8) is 0 Å². The Hall–Kier alpha value is -0.130. The molecule has 0 saturated heterocycles. The van der Waals surface area contributed by atoms with Gasteiger partial charge in [-0.05, 0) is 6.07 Å². The summed E-state index contributed by atoms with van der Waals surface area (Å²) in [5, 5.41) is 0. The van der Waals surface area contributed by atoms with Crippen LogP contribution >= 0.6 is 47.8 Å². The van der Waals surface area contributed by atoms with Crippen LogP contribution in [-0.2, 0) is 6.88 Å². The van der Waals surface area contributed by atoms with Gasteiger partial charge in [0.25, 0.3) is 0 Å². The quantitative estimate of drug-likeness (QED) is 0.420. The average molecular weight is 413 g/mol. The predicted octanol–water partition coefficient (Wildman–Crippen LogP) is 4.32. The smallest absolute Gasteiger partial charge is 0.338 e. The Morgan fingerprint density at radius 1 is 1.38 bits per heavy atom. The van der Waals surface area contributed by atoms with Crippen LogP contribution in [0.1, 0.15) is 15.9 Å². The number of esters is 1. The topological polar surface area (TPSA) is 26.3 Å². The van der Waals surface area contributed by atoms with Crippen molar-refractivity contribution < 1.29 is 9.53 Å². The molecule has 0 fully saturated rings. The molecule has 0 radical (unpaired) electrons. The third-order valence-corrected chi connectivity index (χ3v) is 3.07. The van der Waals surface area contributed by atoms with Gasteiger partial charge in [-0.1, -0.05) is 78.6 Å². The number of halogens is 3. The highest BCUT2D eigenvalue weighted by atomic mass is 80.0. The second-order valence-corrected chi connectivity index (χ2v) is 9.69. The largest absolute Gasteiger partial charge is 0.458 e. The number of alkyl halides is 3. The van der Waals surface area contributed by atoms with Gasteiger partial charge in [0.1, 0.15) is 6.61 Å². The third kappa shape index (κ3) is 3.71. The van der Waals surface area contributed by atoms with Crippen LogP contribution < -0.4 is 0 Å². The Kier molecular flexibility index (Phi) is 5.21. The number of carbonyl (C=O) groups is 1. The Morgan fingerprint density at radius 3 is 2.56 bits per heavy atom. The molecule has 0 heterocycles. The summed E-state index contributed by atoms with van der Waals surface area (Å²) < 4.78 is 4.37. The summed E-state index contributed by atoms with van der Waals surface area (Å²) >= 11 is 10.1. The van der Waals surface area contributed by atoms with Crippen LogP contribution in [0.15, 0.2) is 36.9 Å².